The van der Waals surface area contributed by atoms with Crippen LogP contribution in [0.1, 0.15) is 22.0 Å². The molecule has 2 aromatic carbocycles. The molecule has 1 heterocycles. The van der Waals surface area contributed by atoms with Crippen LogP contribution in [0.2, 0.25) is 0 Å². The molecule has 1 N–H and O–H groups in total. The lowest BCUT2D eigenvalue weighted by molar-refractivity contribution is 0.0942. The van der Waals surface area contributed by atoms with Crippen molar-refractivity contribution in [1.29, 1.82) is 0 Å². The zero-order valence-corrected chi connectivity index (χ0v) is 14.8. The average Bonchev–Trinajstić information content (AvgIpc) is 3.16. The molecule has 0 spiro atoms. The van der Waals surface area contributed by atoms with Gasteiger partial charge in [-0.3, -0.25) is 4.79 Å². The predicted molar refractivity (Wildman–Crippen MR) is 98.7 cm³/mol. The van der Waals surface area contributed by atoms with Crippen LogP contribution in [0.3, 0.4) is 0 Å². The van der Waals surface area contributed by atoms with Crippen LogP contribution in [0, 0.1) is 5.82 Å². The summed E-state index contributed by atoms with van der Waals surface area (Å²) in [5.74, 6) is -0.443. The summed E-state index contributed by atoms with van der Waals surface area (Å²) < 4.78 is 15.4. The Morgan fingerprint density at radius 3 is 2.62 bits per heavy atom. The molecular weight excluding hydrogens is 331 g/mol. The molecule has 1 unspecified atom stereocenters. The second-order valence-corrected chi connectivity index (χ2v) is 6.26. The fraction of sp³-hybridized carbons (Fsp3) is 0.200. The van der Waals surface area contributed by atoms with E-state index in [-0.39, 0.29) is 17.8 Å². The van der Waals surface area contributed by atoms with Crippen LogP contribution < -0.4 is 5.32 Å². The van der Waals surface area contributed by atoms with Gasteiger partial charge in [-0.05, 0) is 56.1 Å². The zero-order valence-electron chi connectivity index (χ0n) is 14.8. The summed E-state index contributed by atoms with van der Waals surface area (Å²) in [4.78, 5) is 18.4. The number of carbonyl (C=O) groups is 1. The molecule has 1 amide bonds. The summed E-state index contributed by atoms with van der Waals surface area (Å²) >= 11 is 0. The first-order chi connectivity index (χ1) is 12.5. The second-order valence-electron chi connectivity index (χ2n) is 6.26. The first kappa shape index (κ1) is 17.8. The molecule has 0 saturated heterocycles. The topological polar surface area (TPSA) is 50.2 Å². The van der Waals surface area contributed by atoms with Gasteiger partial charge in [0.1, 0.15) is 5.82 Å². The van der Waals surface area contributed by atoms with Crippen molar-refractivity contribution >= 4 is 5.91 Å². The van der Waals surface area contributed by atoms with E-state index >= 15 is 0 Å². The highest BCUT2D eigenvalue weighted by Crippen LogP contribution is 2.18. The van der Waals surface area contributed by atoms with E-state index in [9.17, 15) is 9.18 Å². The Hall–Kier alpha value is -2.99. The Kier molecular flexibility index (Phi) is 5.43. The van der Waals surface area contributed by atoms with Crippen LogP contribution in [0.25, 0.3) is 5.69 Å². The van der Waals surface area contributed by atoms with Crippen LogP contribution in [0.5, 0.6) is 0 Å². The van der Waals surface area contributed by atoms with E-state index in [1.54, 1.807) is 30.7 Å². The van der Waals surface area contributed by atoms with Gasteiger partial charge >= 0.3 is 0 Å². The summed E-state index contributed by atoms with van der Waals surface area (Å²) in [5, 5.41) is 2.93. The molecule has 3 rings (SSSR count). The first-order valence-corrected chi connectivity index (χ1v) is 8.33. The van der Waals surface area contributed by atoms with Crippen molar-refractivity contribution in [3.63, 3.8) is 0 Å². The lowest BCUT2D eigenvalue weighted by Crippen LogP contribution is -2.34. The third-order valence-electron chi connectivity index (χ3n) is 4.24. The molecule has 0 aliphatic carbocycles. The van der Waals surface area contributed by atoms with Gasteiger partial charge in [0.15, 0.2) is 0 Å². The van der Waals surface area contributed by atoms with E-state index in [1.807, 2.05) is 48.0 Å². The third kappa shape index (κ3) is 4.15. The fourth-order valence-corrected chi connectivity index (χ4v) is 2.80. The summed E-state index contributed by atoms with van der Waals surface area (Å²) in [6.07, 6.45) is 5.25. The smallest absolute Gasteiger partial charge is 0.251 e. The minimum Gasteiger partial charge on any atom is -0.350 e. The molecular formula is C20H21FN4O. The fourth-order valence-electron chi connectivity index (χ4n) is 2.80. The lowest BCUT2D eigenvalue weighted by atomic mass is 10.1. The number of carbonyl (C=O) groups excluding carboxylic acids is 1. The summed E-state index contributed by atoms with van der Waals surface area (Å²) in [6, 6.07) is 13.6. The predicted octanol–water partition coefficient (Wildman–Crippen LogP) is 3.04. The maximum absolute atomic E-state index is 13.5. The van der Waals surface area contributed by atoms with Crippen molar-refractivity contribution in [2.24, 2.45) is 0 Å². The molecule has 0 bridgehead atoms. The van der Waals surface area contributed by atoms with E-state index in [0.717, 1.165) is 11.3 Å². The second kappa shape index (κ2) is 7.93. The number of nitrogens with one attached hydrogen (secondary N) is 1. The van der Waals surface area contributed by atoms with Crippen molar-refractivity contribution in [2.75, 3.05) is 20.6 Å². The number of hydrogen-bond donors (Lipinski definition) is 1. The highest BCUT2D eigenvalue weighted by molar-refractivity contribution is 5.94. The molecule has 26 heavy (non-hydrogen) atoms. The number of likely N-dealkylation sites (N-methyl/N-ethyl adjacent to an activating group) is 1. The minimum absolute atomic E-state index is 0.111. The largest absolute Gasteiger partial charge is 0.350 e. The molecule has 134 valence electrons. The van der Waals surface area contributed by atoms with Gasteiger partial charge in [-0.1, -0.05) is 12.1 Å². The maximum Gasteiger partial charge on any atom is 0.251 e. The lowest BCUT2D eigenvalue weighted by Gasteiger charge is -2.25. The van der Waals surface area contributed by atoms with Gasteiger partial charge in [0.05, 0.1) is 12.4 Å². The van der Waals surface area contributed by atoms with Gasteiger partial charge in [-0.2, -0.15) is 0 Å². The molecule has 1 aromatic heterocycles. The van der Waals surface area contributed by atoms with Crippen LogP contribution in [0.4, 0.5) is 4.39 Å². The Morgan fingerprint density at radius 1 is 1.23 bits per heavy atom. The van der Waals surface area contributed by atoms with Gasteiger partial charge < -0.3 is 14.8 Å². The Bertz CT molecular complexity index is 860. The summed E-state index contributed by atoms with van der Waals surface area (Å²) in [5.41, 5.74) is 2.33. The SMILES string of the molecule is CN(C)C(CNC(=O)c1ccc(-n2ccnc2)cc1)c1cccc(F)c1. The zero-order chi connectivity index (χ0) is 18.5. The molecule has 0 aliphatic heterocycles. The normalized spacial score (nSPS) is 12.2. The Balaban J connectivity index is 1.67. The molecule has 0 saturated carbocycles. The monoisotopic (exact) mass is 352 g/mol. The van der Waals surface area contributed by atoms with Crippen LogP contribution >= 0.6 is 0 Å². The molecule has 0 fully saturated rings. The summed E-state index contributed by atoms with van der Waals surface area (Å²) in [7, 11) is 3.81. The van der Waals surface area contributed by atoms with Crippen molar-refractivity contribution in [3.8, 4) is 5.69 Å². The minimum atomic E-state index is -0.282. The highest BCUT2D eigenvalue weighted by Gasteiger charge is 2.16. The van der Waals surface area contributed by atoms with E-state index in [2.05, 4.69) is 10.3 Å². The van der Waals surface area contributed by atoms with Gasteiger partial charge in [0, 0.05) is 30.2 Å². The number of hydrogen-bond acceptors (Lipinski definition) is 3. The number of imidazole rings is 1. The van der Waals surface area contributed by atoms with Gasteiger partial charge in [0.2, 0.25) is 0 Å². The van der Waals surface area contributed by atoms with E-state index in [0.29, 0.717) is 12.1 Å². The summed E-state index contributed by atoms with van der Waals surface area (Å²) in [6.45, 7) is 0.387. The number of aromatic nitrogens is 2. The molecule has 3 aromatic rings. The molecule has 5 nitrogen and oxygen atoms in total. The van der Waals surface area contributed by atoms with E-state index in [1.165, 1.54) is 12.1 Å². The van der Waals surface area contributed by atoms with Crippen LogP contribution in [0.15, 0.2) is 67.3 Å². The number of rotatable bonds is 6. The number of amides is 1. The maximum atomic E-state index is 13.5. The van der Waals surface area contributed by atoms with Crippen molar-refractivity contribution in [3.05, 3.63) is 84.2 Å². The standard InChI is InChI=1S/C20H21FN4O/c1-24(2)19(16-4-3-5-17(21)12-16)13-23-20(26)15-6-8-18(9-7-15)25-11-10-22-14-25/h3-12,14,19H,13H2,1-2H3,(H,23,26). The molecule has 6 heteroatoms. The van der Waals surface area contributed by atoms with Gasteiger partial charge in [-0.25, -0.2) is 9.37 Å². The number of benzene rings is 2. The molecule has 0 radical (unpaired) electrons. The Labute approximate surface area is 152 Å². The van der Waals surface area contributed by atoms with Crippen molar-refractivity contribution in [1.82, 2.24) is 19.8 Å². The van der Waals surface area contributed by atoms with Crippen molar-refractivity contribution in [2.45, 2.75) is 6.04 Å². The molecule has 0 aliphatic rings. The highest BCUT2D eigenvalue weighted by atomic mass is 19.1. The number of nitrogens with zero attached hydrogens (tertiary/aromatic N) is 3. The van der Waals surface area contributed by atoms with E-state index < -0.39 is 0 Å². The van der Waals surface area contributed by atoms with Gasteiger partial charge in [-0.15, -0.1) is 0 Å². The van der Waals surface area contributed by atoms with Gasteiger partial charge in [0.25, 0.3) is 5.91 Å². The van der Waals surface area contributed by atoms with Crippen LogP contribution in [-0.4, -0.2) is 41.0 Å². The van der Waals surface area contributed by atoms with Crippen molar-refractivity contribution < 1.29 is 9.18 Å². The molecule has 1 atom stereocenters. The first-order valence-electron chi connectivity index (χ1n) is 8.33. The Morgan fingerprint density at radius 2 is 2.00 bits per heavy atom. The average molecular weight is 352 g/mol. The third-order valence-corrected chi connectivity index (χ3v) is 4.24. The quantitative estimate of drug-likeness (QED) is 0.742. The number of halogens is 1. The van der Waals surface area contributed by atoms with Crippen LogP contribution in [-0.2, 0) is 0 Å². The van der Waals surface area contributed by atoms with E-state index in [4.69, 9.17) is 0 Å².